The van der Waals surface area contributed by atoms with Crippen molar-refractivity contribution < 1.29 is 0 Å². The summed E-state index contributed by atoms with van der Waals surface area (Å²) < 4.78 is 4.23. The Balaban J connectivity index is 2.85. The zero-order valence-corrected chi connectivity index (χ0v) is 7.56. The molecule has 0 fully saturated rings. The number of benzene rings is 1. The maximum Gasteiger partial charge on any atom is 0.0528 e. The SMILES string of the molecule is CS/N=C(/C)c1ccccc1. The van der Waals surface area contributed by atoms with Gasteiger partial charge in [-0.1, -0.05) is 30.3 Å². The number of hydrogen-bond donors (Lipinski definition) is 0. The summed E-state index contributed by atoms with van der Waals surface area (Å²) >= 11 is 1.49. The summed E-state index contributed by atoms with van der Waals surface area (Å²) in [4.78, 5) is 0. The third-order valence-electron chi connectivity index (χ3n) is 1.42. The van der Waals surface area contributed by atoms with Crippen molar-refractivity contribution in [2.75, 3.05) is 6.26 Å². The Kier molecular flexibility index (Phi) is 3.17. The summed E-state index contributed by atoms with van der Waals surface area (Å²) in [5.41, 5.74) is 2.28. The topological polar surface area (TPSA) is 12.4 Å². The molecule has 2 heteroatoms. The minimum Gasteiger partial charge on any atom is -0.221 e. The molecule has 0 unspecified atom stereocenters. The quantitative estimate of drug-likeness (QED) is 0.485. The molecule has 0 aliphatic heterocycles. The van der Waals surface area contributed by atoms with Crippen molar-refractivity contribution in [1.29, 1.82) is 0 Å². The number of rotatable bonds is 2. The van der Waals surface area contributed by atoms with E-state index >= 15 is 0 Å². The van der Waals surface area contributed by atoms with Gasteiger partial charge < -0.3 is 0 Å². The molecular weight excluding hydrogens is 154 g/mol. The Morgan fingerprint density at radius 2 is 1.91 bits per heavy atom. The van der Waals surface area contributed by atoms with Crippen molar-refractivity contribution in [2.45, 2.75) is 6.92 Å². The molecule has 0 aliphatic carbocycles. The minimum atomic E-state index is 1.08. The molecule has 58 valence electrons. The molecule has 0 spiro atoms. The van der Waals surface area contributed by atoms with Gasteiger partial charge in [0.25, 0.3) is 0 Å². The summed E-state index contributed by atoms with van der Waals surface area (Å²) in [6, 6.07) is 10.2. The zero-order valence-electron chi connectivity index (χ0n) is 6.74. The van der Waals surface area contributed by atoms with Crippen molar-refractivity contribution in [2.24, 2.45) is 4.40 Å². The molecule has 0 saturated heterocycles. The molecule has 0 bridgehead atoms. The molecule has 1 nitrogen and oxygen atoms in total. The highest BCUT2D eigenvalue weighted by molar-refractivity contribution is 7.97. The van der Waals surface area contributed by atoms with Crippen LogP contribution in [0.5, 0.6) is 0 Å². The first-order valence-corrected chi connectivity index (χ1v) is 4.66. The molecule has 1 rings (SSSR count). The predicted octanol–water partition coefficient (Wildman–Crippen LogP) is 2.77. The lowest BCUT2D eigenvalue weighted by atomic mass is 10.1. The van der Waals surface area contributed by atoms with E-state index in [1.807, 2.05) is 31.4 Å². The maximum absolute atomic E-state index is 4.23. The molecule has 0 radical (unpaired) electrons. The fourth-order valence-corrected chi connectivity index (χ4v) is 1.25. The van der Waals surface area contributed by atoms with Crippen molar-refractivity contribution in [3.05, 3.63) is 35.9 Å². The van der Waals surface area contributed by atoms with E-state index < -0.39 is 0 Å². The summed E-state index contributed by atoms with van der Waals surface area (Å²) in [5.74, 6) is 0. The van der Waals surface area contributed by atoms with E-state index in [1.54, 1.807) is 0 Å². The highest BCUT2D eigenvalue weighted by atomic mass is 32.2. The first kappa shape index (κ1) is 8.34. The average molecular weight is 165 g/mol. The van der Waals surface area contributed by atoms with E-state index in [9.17, 15) is 0 Å². The molecule has 0 aromatic heterocycles. The Labute approximate surface area is 71.7 Å². The van der Waals surface area contributed by atoms with Crippen LogP contribution >= 0.6 is 11.9 Å². The average Bonchev–Trinajstić information content (AvgIpc) is 2.07. The lowest BCUT2D eigenvalue weighted by Gasteiger charge is -1.96. The molecule has 1 aromatic rings. The molecule has 11 heavy (non-hydrogen) atoms. The standard InChI is InChI=1S/C9H11NS/c1-8(10-11-2)9-6-4-3-5-7-9/h3-7H,1-2H3/b10-8-. The number of hydrogen-bond acceptors (Lipinski definition) is 2. The second kappa shape index (κ2) is 4.19. The lowest BCUT2D eigenvalue weighted by molar-refractivity contribution is 1.60. The third kappa shape index (κ3) is 2.39. The van der Waals surface area contributed by atoms with Crippen LogP contribution in [0.2, 0.25) is 0 Å². The van der Waals surface area contributed by atoms with Gasteiger partial charge in [-0.3, -0.25) is 0 Å². The Hall–Kier alpha value is -0.760. The second-order valence-corrected chi connectivity index (χ2v) is 2.77. The van der Waals surface area contributed by atoms with Crippen LogP contribution in [0, 0.1) is 0 Å². The Morgan fingerprint density at radius 1 is 1.27 bits per heavy atom. The van der Waals surface area contributed by atoms with E-state index in [-0.39, 0.29) is 0 Å². The van der Waals surface area contributed by atoms with Gasteiger partial charge >= 0.3 is 0 Å². The van der Waals surface area contributed by atoms with Gasteiger partial charge in [-0.05, 0) is 24.4 Å². The van der Waals surface area contributed by atoms with Crippen LogP contribution in [0.25, 0.3) is 0 Å². The molecule has 0 amide bonds. The van der Waals surface area contributed by atoms with Crippen LogP contribution in [-0.2, 0) is 0 Å². The van der Waals surface area contributed by atoms with Crippen molar-refractivity contribution >= 4 is 17.7 Å². The van der Waals surface area contributed by atoms with Gasteiger partial charge in [-0.2, -0.15) is 0 Å². The maximum atomic E-state index is 4.23. The van der Waals surface area contributed by atoms with Gasteiger partial charge in [0.05, 0.1) is 5.71 Å². The first-order chi connectivity index (χ1) is 5.34. The lowest BCUT2D eigenvalue weighted by Crippen LogP contribution is -1.91. The normalized spacial score (nSPS) is 11.6. The van der Waals surface area contributed by atoms with Crippen LogP contribution in [0.15, 0.2) is 34.7 Å². The Bertz CT molecular complexity index is 241. The first-order valence-electron chi connectivity index (χ1n) is 3.48. The molecule has 0 saturated carbocycles. The van der Waals surface area contributed by atoms with Crippen LogP contribution in [0.3, 0.4) is 0 Å². The monoisotopic (exact) mass is 165 g/mol. The largest absolute Gasteiger partial charge is 0.221 e. The molecule has 1 aromatic carbocycles. The van der Waals surface area contributed by atoms with Gasteiger partial charge in [0, 0.05) is 6.26 Å². The molecule has 0 N–H and O–H groups in total. The van der Waals surface area contributed by atoms with Crippen LogP contribution in [-0.4, -0.2) is 12.0 Å². The number of nitrogens with zero attached hydrogens (tertiary/aromatic N) is 1. The summed E-state index contributed by atoms with van der Waals surface area (Å²) in [7, 11) is 0. The van der Waals surface area contributed by atoms with Crippen molar-refractivity contribution in [1.82, 2.24) is 0 Å². The molecular formula is C9H11NS. The summed E-state index contributed by atoms with van der Waals surface area (Å²) in [6.07, 6.45) is 1.96. The van der Waals surface area contributed by atoms with Crippen molar-refractivity contribution in [3.8, 4) is 0 Å². The third-order valence-corrected chi connectivity index (χ3v) is 1.88. The predicted molar refractivity (Wildman–Crippen MR) is 52.2 cm³/mol. The van der Waals surface area contributed by atoms with Gasteiger partial charge in [-0.25, -0.2) is 4.40 Å². The smallest absolute Gasteiger partial charge is 0.0528 e. The van der Waals surface area contributed by atoms with Crippen LogP contribution < -0.4 is 0 Å². The summed E-state index contributed by atoms with van der Waals surface area (Å²) in [6.45, 7) is 2.02. The highest BCUT2D eigenvalue weighted by Crippen LogP contribution is 2.04. The van der Waals surface area contributed by atoms with E-state index in [2.05, 4.69) is 16.5 Å². The van der Waals surface area contributed by atoms with Crippen LogP contribution in [0.4, 0.5) is 0 Å². The van der Waals surface area contributed by atoms with Crippen molar-refractivity contribution in [3.63, 3.8) is 0 Å². The fourth-order valence-electron chi connectivity index (χ4n) is 0.869. The van der Waals surface area contributed by atoms with E-state index in [0.29, 0.717) is 0 Å². The molecule has 0 atom stereocenters. The van der Waals surface area contributed by atoms with E-state index in [4.69, 9.17) is 0 Å². The van der Waals surface area contributed by atoms with Gasteiger partial charge in [0.1, 0.15) is 0 Å². The van der Waals surface area contributed by atoms with Gasteiger partial charge in [0.2, 0.25) is 0 Å². The fraction of sp³-hybridized carbons (Fsp3) is 0.222. The van der Waals surface area contributed by atoms with Crippen LogP contribution in [0.1, 0.15) is 12.5 Å². The highest BCUT2D eigenvalue weighted by Gasteiger charge is 1.92. The van der Waals surface area contributed by atoms with Gasteiger partial charge in [-0.15, -0.1) is 0 Å². The minimum absolute atomic E-state index is 1.08. The molecule has 0 aliphatic rings. The molecule has 0 heterocycles. The van der Waals surface area contributed by atoms with E-state index in [0.717, 1.165) is 5.71 Å². The Morgan fingerprint density at radius 3 is 2.45 bits per heavy atom. The zero-order chi connectivity index (χ0) is 8.10. The summed E-state index contributed by atoms with van der Waals surface area (Å²) in [5, 5.41) is 0. The second-order valence-electron chi connectivity index (χ2n) is 2.23. The van der Waals surface area contributed by atoms with Gasteiger partial charge in [0.15, 0.2) is 0 Å². The van der Waals surface area contributed by atoms with E-state index in [1.165, 1.54) is 17.5 Å².